The van der Waals surface area contributed by atoms with Crippen molar-refractivity contribution in [1.82, 2.24) is 9.80 Å². The Labute approximate surface area is 141 Å². The summed E-state index contributed by atoms with van der Waals surface area (Å²) in [6.07, 6.45) is 2.24. The smallest absolute Gasteiger partial charge is 0.153 e. The molecule has 1 saturated carbocycles. The molecule has 0 amide bonds. The van der Waals surface area contributed by atoms with Crippen molar-refractivity contribution in [2.45, 2.75) is 39.7 Å². The molecule has 1 aliphatic heterocycles. The quantitative estimate of drug-likeness (QED) is 0.714. The Bertz CT molecular complexity index is 367. The van der Waals surface area contributed by atoms with Crippen molar-refractivity contribution in [3.8, 4) is 0 Å². The van der Waals surface area contributed by atoms with Crippen LogP contribution in [0.25, 0.3) is 0 Å². The number of hydrogen-bond acceptors (Lipinski definition) is 5. The Kier molecular flexibility index (Phi) is 7.47. The maximum Gasteiger partial charge on any atom is 0.153 e. The summed E-state index contributed by atoms with van der Waals surface area (Å²) in [5, 5.41) is 8.72. The summed E-state index contributed by atoms with van der Waals surface area (Å²) in [5.74, 6) is 1.77. The van der Waals surface area contributed by atoms with Gasteiger partial charge in [0.2, 0.25) is 0 Å². The molecule has 0 aromatic rings. The number of carbonyl (C=O) groups is 1. The van der Waals surface area contributed by atoms with Crippen LogP contribution in [0.3, 0.4) is 0 Å². The van der Waals surface area contributed by atoms with Gasteiger partial charge in [0.05, 0.1) is 25.9 Å². The molecule has 2 aliphatic rings. The zero-order chi connectivity index (χ0) is 16.8. The van der Waals surface area contributed by atoms with Crippen molar-refractivity contribution in [3.05, 3.63) is 0 Å². The highest BCUT2D eigenvalue weighted by atomic mass is 16.5. The molecular formula is C18H34N2O3. The number of aliphatic hydroxyl groups is 1. The molecule has 134 valence electrons. The number of ether oxygens (including phenoxy) is 1. The summed E-state index contributed by atoms with van der Waals surface area (Å²) in [6.45, 7) is 12.7. The normalized spacial score (nSPS) is 31.0. The molecule has 2 rings (SSSR count). The van der Waals surface area contributed by atoms with Crippen LogP contribution in [0.15, 0.2) is 0 Å². The zero-order valence-corrected chi connectivity index (χ0v) is 15.0. The first kappa shape index (κ1) is 18.8. The molecule has 0 radical (unpaired) electrons. The summed E-state index contributed by atoms with van der Waals surface area (Å²) in [6, 6.07) is 0.131. The second-order valence-electron chi connectivity index (χ2n) is 7.45. The number of nitrogens with zero attached hydrogens (tertiary/aromatic N) is 2. The van der Waals surface area contributed by atoms with E-state index in [1.807, 2.05) is 0 Å². The lowest BCUT2D eigenvalue weighted by Crippen LogP contribution is -2.58. The minimum absolute atomic E-state index is 0.0896. The highest BCUT2D eigenvalue weighted by Crippen LogP contribution is 2.34. The molecule has 1 aliphatic carbocycles. The first-order valence-electron chi connectivity index (χ1n) is 9.23. The number of ketones is 1. The number of carbonyl (C=O) groups excluding carboxylic acids is 1. The van der Waals surface area contributed by atoms with Gasteiger partial charge in [-0.15, -0.1) is 0 Å². The summed E-state index contributed by atoms with van der Waals surface area (Å²) >= 11 is 0. The Morgan fingerprint density at radius 1 is 1.17 bits per heavy atom. The first-order valence-corrected chi connectivity index (χ1v) is 9.23. The molecular weight excluding hydrogens is 292 g/mol. The van der Waals surface area contributed by atoms with Gasteiger partial charge in [-0.05, 0) is 24.7 Å². The number of aliphatic hydroxyl groups excluding tert-OH is 1. The summed E-state index contributed by atoms with van der Waals surface area (Å²) < 4.78 is 5.35. The van der Waals surface area contributed by atoms with Gasteiger partial charge in [-0.1, -0.05) is 20.8 Å². The number of Topliss-reactive ketones (excluding diaryl/α,β-unsaturated/α-hetero) is 1. The third-order valence-electron chi connectivity index (χ3n) is 5.56. The van der Waals surface area contributed by atoms with Crippen LogP contribution in [-0.2, 0) is 9.53 Å². The highest BCUT2D eigenvalue weighted by molar-refractivity contribution is 5.87. The molecule has 5 nitrogen and oxygen atoms in total. The lowest BCUT2D eigenvalue weighted by molar-refractivity contribution is -0.135. The number of rotatable bonds is 7. The van der Waals surface area contributed by atoms with Crippen molar-refractivity contribution >= 4 is 5.78 Å². The number of piperazine rings is 1. The van der Waals surface area contributed by atoms with E-state index < -0.39 is 0 Å². The van der Waals surface area contributed by atoms with Gasteiger partial charge in [-0.25, -0.2) is 0 Å². The van der Waals surface area contributed by atoms with Gasteiger partial charge in [-0.2, -0.15) is 0 Å². The minimum atomic E-state index is 0.0896. The van der Waals surface area contributed by atoms with Crippen LogP contribution in [-0.4, -0.2) is 79.3 Å². The van der Waals surface area contributed by atoms with E-state index in [1.54, 1.807) is 0 Å². The molecule has 0 bridgehead atoms. The van der Waals surface area contributed by atoms with Gasteiger partial charge < -0.3 is 9.84 Å². The molecule has 5 heteroatoms. The maximum absolute atomic E-state index is 12.8. The van der Waals surface area contributed by atoms with Gasteiger partial charge in [0.15, 0.2) is 5.78 Å². The zero-order valence-electron chi connectivity index (χ0n) is 15.0. The molecule has 3 unspecified atom stereocenters. The summed E-state index contributed by atoms with van der Waals surface area (Å²) in [5.41, 5.74) is 0. The predicted molar refractivity (Wildman–Crippen MR) is 91.4 cm³/mol. The standard InChI is InChI=1S/C18H34N2O3/c1-14(2)16-5-4-15(3)18(22)17(16)20-8-6-19(7-9-20)10-12-23-13-11-21/h14-17,21H,4-13H2,1-3H3. The molecule has 1 N–H and O–H groups in total. The Morgan fingerprint density at radius 2 is 1.87 bits per heavy atom. The van der Waals surface area contributed by atoms with Gasteiger partial charge in [0, 0.05) is 38.6 Å². The van der Waals surface area contributed by atoms with Crippen molar-refractivity contribution in [2.24, 2.45) is 17.8 Å². The number of hydrogen-bond donors (Lipinski definition) is 1. The van der Waals surface area contributed by atoms with Crippen molar-refractivity contribution in [2.75, 3.05) is 52.5 Å². The molecule has 23 heavy (non-hydrogen) atoms. The van der Waals surface area contributed by atoms with Crippen LogP contribution in [0.5, 0.6) is 0 Å². The molecule has 1 saturated heterocycles. The molecule has 1 heterocycles. The molecule has 0 aromatic heterocycles. The van der Waals surface area contributed by atoms with E-state index in [-0.39, 0.29) is 18.6 Å². The predicted octanol–water partition coefficient (Wildman–Crippen LogP) is 1.25. The van der Waals surface area contributed by atoms with Gasteiger partial charge in [0.25, 0.3) is 0 Å². The lowest BCUT2D eigenvalue weighted by Gasteiger charge is -2.45. The molecule has 2 fully saturated rings. The van der Waals surface area contributed by atoms with Crippen LogP contribution >= 0.6 is 0 Å². The van der Waals surface area contributed by atoms with E-state index in [0.29, 0.717) is 30.8 Å². The maximum atomic E-state index is 12.8. The van der Waals surface area contributed by atoms with E-state index in [1.165, 1.54) is 6.42 Å². The lowest BCUT2D eigenvalue weighted by atomic mass is 9.72. The second-order valence-corrected chi connectivity index (χ2v) is 7.45. The van der Waals surface area contributed by atoms with Gasteiger partial charge in [0.1, 0.15) is 0 Å². The van der Waals surface area contributed by atoms with Gasteiger partial charge >= 0.3 is 0 Å². The summed E-state index contributed by atoms with van der Waals surface area (Å²) in [4.78, 5) is 17.6. The summed E-state index contributed by atoms with van der Waals surface area (Å²) in [7, 11) is 0. The van der Waals surface area contributed by atoms with Crippen molar-refractivity contribution in [1.29, 1.82) is 0 Å². The fraction of sp³-hybridized carbons (Fsp3) is 0.944. The van der Waals surface area contributed by atoms with Crippen LogP contribution in [0.2, 0.25) is 0 Å². The highest BCUT2D eigenvalue weighted by Gasteiger charge is 2.41. The van der Waals surface area contributed by atoms with Crippen LogP contribution in [0, 0.1) is 17.8 Å². The molecule has 3 atom stereocenters. The van der Waals surface area contributed by atoms with E-state index in [4.69, 9.17) is 9.84 Å². The van der Waals surface area contributed by atoms with E-state index in [9.17, 15) is 4.79 Å². The van der Waals surface area contributed by atoms with E-state index >= 15 is 0 Å². The average molecular weight is 326 g/mol. The average Bonchev–Trinajstić information content (AvgIpc) is 2.54. The Balaban J connectivity index is 1.85. The van der Waals surface area contributed by atoms with Crippen LogP contribution in [0.4, 0.5) is 0 Å². The molecule has 0 aromatic carbocycles. The largest absolute Gasteiger partial charge is 0.394 e. The van der Waals surface area contributed by atoms with Gasteiger partial charge in [-0.3, -0.25) is 14.6 Å². The third-order valence-corrected chi connectivity index (χ3v) is 5.56. The van der Waals surface area contributed by atoms with E-state index in [2.05, 4.69) is 30.6 Å². The fourth-order valence-electron chi connectivity index (χ4n) is 4.02. The topological polar surface area (TPSA) is 53.0 Å². The Morgan fingerprint density at radius 3 is 2.48 bits per heavy atom. The minimum Gasteiger partial charge on any atom is -0.394 e. The first-order chi connectivity index (χ1) is 11.0. The third kappa shape index (κ3) is 4.99. The SMILES string of the molecule is CC1CCC(C(C)C)C(N2CCN(CCOCCO)CC2)C1=O. The second kappa shape index (κ2) is 9.11. The fourth-order valence-corrected chi connectivity index (χ4v) is 4.02. The van der Waals surface area contributed by atoms with Crippen LogP contribution < -0.4 is 0 Å². The van der Waals surface area contributed by atoms with Crippen molar-refractivity contribution in [3.63, 3.8) is 0 Å². The molecule has 0 spiro atoms. The van der Waals surface area contributed by atoms with Crippen molar-refractivity contribution < 1.29 is 14.6 Å². The van der Waals surface area contributed by atoms with Crippen LogP contribution in [0.1, 0.15) is 33.6 Å². The van der Waals surface area contributed by atoms with E-state index in [0.717, 1.165) is 39.1 Å². The Hall–Kier alpha value is -0.490. The monoisotopic (exact) mass is 326 g/mol.